The molecule has 11 N–H and O–H groups in total. The summed E-state index contributed by atoms with van der Waals surface area (Å²) >= 11 is 11.8. The summed E-state index contributed by atoms with van der Waals surface area (Å²) in [6.45, 7) is 2.15. The summed E-state index contributed by atoms with van der Waals surface area (Å²) in [6.07, 6.45) is 2.79. The number of halogens is 2. The van der Waals surface area contributed by atoms with Crippen LogP contribution in [-0.2, 0) is 102 Å². The molecule has 2 aliphatic rings. The molecule has 0 saturated carbocycles. The molecule has 0 aromatic heterocycles. The van der Waals surface area contributed by atoms with Crippen molar-refractivity contribution >= 4 is 158 Å². The molecule has 10 aromatic rings. The van der Waals surface area contributed by atoms with Crippen molar-refractivity contribution in [1.29, 1.82) is 0 Å². The van der Waals surface area contributed by atoms with Crippen molar-refractivity contribution in [2.45, 2.75) is 76.0 Å². The average Bonchev–Trinajstić information content (AvgIpc) is 1.62. The molecule has 47 heteroatoms. The minimum absolute atomic E-state index is 0.0255. The van der Waals surface area contributed by atoms with E-state index in [2.05, 4.69) is 35.4 Å². The van der Waals surface area contributed by atoms with Crippen molar-refractivity contribution in [3.05, 3.63) is 292 Å². The van der Waals surface area contributed by atoms with Gasteiger partial charge in [-0.1, -0.05) is 145 Å². The molecule has 14 amide bonds. The van der Waals surface area contributed by atoms with E-state index in [1.165, 1.54) is 82.4 Å². The number of ether oxygens (including phenoxy) is 5. The van der Waals surface area contributed by atoms with Crippen LogP contribution in [0, 0.1) is 6.92 Å². The standard InChI is InChI=1S/C28H32N4O6S.C24H24Cl2N4O5S.C24H31N5O6S.C22H29N5O6S/c1-19-16-24(38-4)18-21-14-15-32(26(19)21)39(35,36)30-28(34)29-25(17-20-8-6-5-7-9-20)27(33)31(2)22-10-12-23(37-3)13-11-22;1-30(18-9-11-19(35-2)12-10-18)23(31)22(14-16-6-4-3-5-7-16)27-24(32)29-36(33,34)28-21-13-8-17(25)15-20(21)26;1-28(19-10-12-20(35-2)13-11-19)23(31)21(16-18-8-4-3-5-9-18)26-24(32)27-36(33,34)25-17-22(30)29-14-6-7-15-29;1-26(2)20(28)15-23-34(31,32)25-22(30)24-19(14-16-8-6-5-7-9-16)21(29)27(3)17-10-12-18(33-4)13-11-17/h5-13,16,18,25H,14-15,17H2,1-4H3,(H2,29,30,34);3-13,15,22,28H,14H2,1-2H3,(H2,27,29,32);3-5,8-13,21,25H,6-7,14-17H2,1-2H3,(H2,26,27,32);5-13,19,23H,14-15H2,1-4H3,(H2,24,25,30)/t25-;22-;21-;19-/m0000/s1. The van der Waals surface area contributed by atoms with Crippen LogP contribution in [0.5, 0.6) is 28.7 Å². The van der Waals surface area contributed by atoms with Crippen LogP contribution in [-0.4, -0.2) is 238 Å². The number of nitrogens with zero attached hydrogens (tertiary/aromatic N) is 7. The first-order valence-electron chi connectivity index (χ1n) is 44.7. The molecule has 2 aliphatic heterocycles. The highest BCUT2D eigenvalue weighted by molar-refractivity contribution is 7.91. The van der Waals surface area contributed by atoms with Gasteiger partial charge in [0, 0.05) is 115 Å². The number of methoxy groups -OCH3 is 5. The maximum Gasteiger partial charge on any atom is 0.330 e. The van der Waals surface area contributed by atoms with Crippen LogP contribution in [0.15, 0.2) is 249 Å². The number of fused-ring (bicyclic) bond motifs is 1. The van der Waals surface area contributed by atoms with E-state index in [4.69, 9.17) is 46.9 Å². The van der Waals surface area contributed by atoms with Crippen molar-refractivity contribution in [1.82, 2.24) is 59.4 Å². The summed E-state index contributed by atoms with van der Waals surface area (Å²) in [7, 11) is -0.382. The van der Waals surface area contributed by atoms with Gasteiger partial charge in [-0.15, -0.1) is 0 Å². The molecule has 4 atom stereocenters. The van der Waals surface area contributed by atoms with Gasteiger partial charge < -0.3 is 74.4 Å². The van der Waals surface area contributed by atoms with Crippen molar-refractivity contribution < 1.29 is 105 Å². The van der Waals surface area contributed by atoms with E-state index in [0.29, 0.717) is 87.3 Å². The zero-order valence-electron chi connectivity index (χ0n) is 81.4. The number of carbonyl (C=O) groups is 10. The lowest BCUT2D eigenvalue weighted by atomic mass is 10.0. The molecule has 0 bridgehead atoms. The molecule has 41 nitrogen and oxygen atoms in total. The SMILES string of the molecule is COc1ccc(N(C)C(=O)[C@H](Cc2ccccc2)NC(=O)NS(=O)(=O)N2CCc3cc(OC)cc(C)c32)cc1.COc1ccc(N(C)C(=O)[C@H](Cc2ccccc2)NC(=O)NS(=O)(=O)NCC(=O)N(C)C)cc1.COc1ccc(N(C)C(=O)[C@H](Cc2ccccc2)NC(=O)NS(=O)(=O)NCC(=O)N2CCCC2)cc1.COc1ccc(N(C)C(=O)[C@H](Cc2ccccc2)NC(=O)NS(=O)(=O)Nc2ccc(Cl)cc2Cl)cc1. The van der Waals surface area contributed by atoms with Gasteiger partial charge in [-0.2, -0.15) is 43.1 Å². The fourth-order valence-electron chi connectivity index (χ4n) is 14.6. The van der Waals surface area contributed by atoms with Gasteiger partial charge >= 0.3 is 65.0 Å². The number of carbonyl (C=O) groups excluding carboxylic acids is 10. The van der Waals surface area contributed by atoms with Crippen LogP contribution in [0.25, 0.3) is 0 Å². The van der Waals surface area contributed by atoms with Gasteiger partial charge in [0.25, 0.3) is 0 Å². The smallest absolute Gasteiger partial charge is 0.330 e. The summed E-state index contributed by atoms with van der Waals surface area (Å²) in [5, 5.41) is 10.3. The first-order chi connectivity index (χ1) is 68.9. The van der Waals surface area contributed by atoms with Crippen LogP contribution >= 0.6 is 23.2 Å². The number of rotatable bonds is 38. The van der Waals surface area contributed by atoms with Gasteiger partial charge in [0.1, 0.15) is 52.9 Å². The molecule has 1 fully saturated rings. The van der Waals surface area contributed by atoms with Crippen LogP contribution in [0.4, 0.5) is 53.3 Å². The molecular weight excluding hydrogens is 2000 g/mol. The van der Waals surface area contributed by atoms with Crippen molar-refractivity contribution in [3.8, 4) is 28.7 Å². The third-order valence-corrected chi connectivity index (χ3v) is 27.1. The zero-order valence-corrected chi connectivity index (χ0v) is 86.2. The van der Waals surface area contributed by atoms with Crippen molar-refractivity contribution in [3.63, 3.8) is 0 Å². The lowest BCUT2D eigenvalue weighted by Gasteiger charge is -2.26. The second kappa shape index (κ2) is 53.9. The van der Waals surface area contributed by atoms with E-state index >= 15 is 0 Å². The first-order valence-corrected chi connectivity index (χ1v) is 51.4. The molecule has 145 heavy (non-hydrogen) atoms. The number of amides is 14. The van der Waals surface area contributed by atoms with Gasteiger partial charge in [0.2, 0.25) is 35.4 Å². The lowest BCUT2D eigenvalue weighted by Crippen LogP contribution is -2.54. The second-order valence-corrected chi connectivity index (χ2v) is 39.5. The average molecular weight is 2110 g/mol. The molecular formula is C98H116Cl2N18O23S4. The molecule has 0 radical (unpaired) electrons. The Kier molecular flexibility index (Phi) is 42.2. The number of benzene rings is 10. The molecule has 1 saturated heterocycles. The Morgan fingerprint density at radius 3 is 0.986 bits per heavy atom. The second-order valence-electron chi connectivity index (χ2n) is 32.7. The molecule has 0 unspecified atom stereocenters. The third kappa shape index (κ3) is 35.2. The number of hydrogen-bond donors (Lipinski definition) is 11. The zero-order chi connectivity index (χ0) is 106. The number of hydrogen-bond acceptors (Lipinski definition) is 23. The molecule has 774 valence electrons. The van der Waals surface area contributed by atoms with Crippen LogP contribution < -0.4 is 102 Å². The Hall–Kier alpha value is -15.0. The molecule has 0 aliphatic carbocycles. The van der Waals surface area contributed by atoms with E-state index in [9.17, 15) is 81.6 Å². The van der Waals surface area contributed by atoms with E-state index in [-0.39, 0.29) is 48.8 Å². The minimum atomic E-state index is -4.37. The number of nitrogens with one attached hydrogen (secondary N) is 11. The summed E-state index contributed by atoms with van der Waals surface area (Å²) in [5.41, 5.74) is 7.47. The largest absolute Gasteiger partial charge is 0.497 e. The number of urea groups is 4. The number of likely N-dealkylation sites (tertiary alicyclic amines) is 1. The van der Waals surface area contributed by atoms with Gasteiger partial charge in [-0.3, -0.25) is 37.8 Å². The molecule has 0 spiro atoms. The molecule has 10 aromatic carbocycles. The summed E-state index contributed by atoms with van der Waals surface area (Å²) in [5.74, 6) is 0.506. The number of likely N-dealkylation sites (N-methyl/N-ethyl adjacent to an activating group) is 5. The van der Waals surface area contributed by atoms with Crippen LogP contribution in [0.2, 0.25) is 10.0 Å². The van der Waals surface area contributed by atoms with Gasteiger partial charge in [-0.05, 0) is 187 Å². The molecule has 12 rings (SSSR count). The third-order valence-electron chi connectivity index (χ3n) is 22.3. The van der Waals surface area contributed by atoms with Crippen molar-refractivity contribution in [2.75, 3.05) is 139 Å². The van der Waals surface area contributed by atoms with E-state index < -0.39 is 132 Å². The Bertz CT molecular complexity index is 6590. The lowest BCUT2D eigenvalue weighted by molar-refractivity contribution is -0.129. The Balaban J connectivity index is 0.000000216. The highest BCUT2D eigenvalue weighted by atomic mass is 35.5. The van der Waals surface area contributed by atoms with E-state index in [1.54, 1.807) is 241 Å². The van der Waals surface area contributed by atoms with Gasteiger partial charge in [0.15, 0.2) is 0 Å². The highest BCUT2D eigenvalue weighted by Gasteiger charge is 2.37. The normalized spacial score (nSPS) is 12.8. The topological polar surface area (TPSA) is 508 Å². The Morgan fingerprint density at radius 1 is 0.366 bits per heavy atom. The predicted octanol–water partition coefficient (Wildman–Crippen LogP) is 8.94. The molecule has 2 heterocycles. The van der Waals surface area contributed by atoms with Gasteiger partial charge in [0.05, 0.1) is 65.0 Å². The van der Waals surface area contributed by atoms with Crippen LogP contribution in [0.1, 0.15) is 46.2 Å². The highest BCUT2D eigenvalue weighted by Crippen LogP contribution is 2.37. The minimum Gasteiger partial charge on any atom is -0.497 e. The van der Waals surface area contributed by atoms with Crippen LogP contribution in [0.3, 0.4) is 0 Å². The Morgan fingerprint density at radius 2 is 0.676 bits per heavy atom. The fourth-order valence-corrected chi connectivity index (χ4v) is 18.5. The number of anilines is 6. The van der Waals surface area contributed by atoms with E-state index in [0.717, 1.165) is 40.7 Å². The van der Waals surface area contributed by atoms with E-state index in [1.807, 2.05) is 62.7 Å². The maximum absolute atomic E-state index is 13.5. The van der Waals surface area contributed by atoms with Gasteiger partial charge in [-0.25, -0.2) is 38.1 Å². The Labute approximate surface area is 853 Å². The summed E-state index contributed by atoms with van der Waals surface area (Å²) < 4.78 is 141. The monoisotopic (exact) mass is 2110 g/mol. The van der Waals surface area contributed by atoms with Crippen molar-refractivity contribution in [2.24, 2.45) is 0 Å². The number of aryl methyl sites for hydroxylation is 1. The fraction of sp³-hybridized carbons (Fsp3) is 0.286. The predicted molar refractivity (Wildman–Crippen MR) is 553 cm³/mol. The summed E-state index contributed by atoms with van der Waals surface area (Å²) in [6, 6.07) is 62.6. The maximum atomic E-state index is 13.5. The first kappa shape index (κ1) is 114. The quantitative estimate of drug-likeness (QED) is 0.0172. The summed E-state index contributed by atoms with van der Waals surface area (Å²) in [4.78, 5) is 136.